The van der Waals surface area contributed by atoms with Crippen molar-refractivity contribution in [3.63, 3.8) is 0 Å². The summed E-state index contributed by atoms with van der Waals surface area (Å²) in [5.41, 5.74) is 5.11. The lowest BCUT2D eigenvalue weighted by atomic mass is 9.72. The van der Waals surface area contributed by atoms with Crippen molar-refractivity contribution in [2.24, 2.45) is 44.3 Å². The average molecular weight is 701 g/mol. The smallest absolute Gasteiger partial charge is 0.317 e. The van der Waals surface area contributed by atoms with Crippen molar-refractivity contribution in [2.75, 3.05) is 0 Å². The molecule has 0 amide bonds. The van der Waals surface area contributed by atoms with Gasteiger partial charge in [0.1, 0.15) is 0 Å². The first kappa shape index (κ1) is 47.5. The number of cyclic esters (lactones) is 4. The molecule has 0 radical (unpaired) electrons. The SMILES string of the molecule is C=C(C)CC(C)(C)CC(C)(C)C.C=C(CC1CC(=O)OC1=O)CC(C)(C)CC(C)(C)C.CC(=CC(C)(C)CC(C)(C)C)CC1CC(=O)OC1=O. The highest BCUT2D eigenvalue weighted by molar-refractivity contribution is 5.95. The molecule has 2 saturated heterocycles. The highest BCUT2D eigenvalue weighted by Gasteiger charge is 2.35. The fraction of sp³-hybridized carbons (Fsp3) is 0.773. The van der Waals surface area contributed by atoms with Crippen LogP contribution in [-0.4, -0.2) is 23.9 Å². The monoisotopic (exact) mass is 701 g/mol. The summed E-state index contributed by atoms with van der Waals surface area (Å²) in [6, 6.07) is 0. The predicted molar refractivity (Wildman–Crippen MR) is 208 cm³/mol. The largest absolute Gasteiger partial charge is 0.393 e. The van der Waals surface area contributed by atoms with Crippen LogP contribution in [0.5, 0.6) is 0 Å². The van der Waals surface area contributed by atoms with Gasteiger partial charge in [0.05, 0.1) is 24.7 Å². The number of rotatable bonds is 12. The van der Waals surface area contributed by atoms with Gasteiger partial charge in [-0.15, -0.1) is 6.58 Å². The molecule has 288 valence electrons. The summed E-state index contributed by atoms with van der Waals surface area (Å²) in [6.07, 6.45) is 9.30. The van der Waals surface area contributed by atoms with Gasteiger partial charge in [0.15, 0.2) is 0 Å². The number of ether oxygens (including phenoxy) is 2. The topological polar surface area (TPSA) is 86.7 Å². The van der Waals surface area contributed by atoms with Crippen LogP contribution in [0.1, 0.15) is 175 Å². The van der Waals surface area contributed by atoms with E-state index in [0.717, 1.165) is 36.8 Å². The maximum Gasteiger partial charge on any atom is 0.317 e. The van der Waals surface area contributed by atoms with E-state index in [4.69, 9.17) is 0 Å². The van der Waals surface area contributed by atoms with Gasteiger partial charge in [0.25, 0.3) is 0 Å². The summed E-state index contributed by atoms with van der Waals surface area (Å²) < 4.78 is 9.15. The minimum atomic E-state index is -0.406. The molecule has 2 unspecified atom stereocenters. The second-order valence-corrected chi connectivity index (χ2v) is 21.4. The first-order valence-corrected chi connectivity index (χ1v) is 18.6. The second kappa shape index (κ2) is 18.3. The Morgan fingerprint density at radius 1 is 0.600 bits per heavy atom. The van der Waals surface area contributed by atoms with E-state index in [1.807, 2.05) is 6.92 Å². The third-order valence-corrected chi connectivity index (χ3v) is 8.17. The summed E-state index contributed by atoms with van der Waals surface area (Å²) >= 11 is 0. The van der Waals surface area contributed by atoms with Crippen molar-refractivity contribution in [3.05, 3.63) is 36.0 Å². The third-order valence-electron chi connectivity index (χ3n) is 8.17. The molecule has 2 heterocycles. The van der Waals surface area contributed by atoms with Crippen LogP contribution < -0.4 is 0 Å². The van der Waals surface area contributed by atoms with Crippen LogP contribution in [0.15, 0.2) is 36.0 Å². The van der Waals surface area contributed by atoms with Crippen LogP contribution in [0, 0.1) is 44.3 Å². The minimum Gasteiger partial charge on any atom is -0.393 e. The fourth-order valence-electron chi connectivity index (χ4n) is 8.80. The molecule has 50 heavy (non-hydrogen) atoms. The standard InChI is InChI=1S/2C16H26O3.C12H24/c2*1-11(7-12-8-13(17)19-14(12)18)9-16(5,6)10-15(2,3)4;1-10(2)8-12(6,7)9-11(3,4)5/h9,12H,7-8,10H2,1-6H3;12H,1,7-10H2,2-6H3;1,8-9H2,2-7H3. The van der Waals surface area contributed by atoms with E-state index in [2.05, 4.69) is 139 Å². The van der Waals surface area contributed by atoms with Crippen molar-refractivity contribution in [2.45, 2.75) is 175 Å². The molecule has 0 aromatic heterocycles. The van der Waals surface area contributed by atoms with Crippen molar-refractivity contribution in [1.29, 1.82) is 0 Å². The fourth-order valence-corrected chi connectivity index (χ4v) is 8.80. The maximum atomic E-state index is 11.4. The molecular weight excluding hydrogens is 624 g/mol. The second-order valence-electron chi connectivity index (χ2n) is 21.4. The van der Waals surface area contributed by atoms with Gasteiger partial charge in [-0.05, 0) is 91.3 Å². The van der Waals surface area contributed by atoms with Gasteiger partial charge in [-0.2, -0.15) is 0 Å². The van der Waals surface area contributed by atoms with E-state index in [-0.39, 0.29) is 58.3 Å². The predicted octanol–water partition coefficient (Wildman–Crippen LogP) is 12.2. The van der Waals surface area contributed by atoms with Crippen LogP contribution in [0.2, 0.25) is 0 Å². The molecule has 0 N–H and O–H groups in total. The number of carbonyl (C=O) groups excluding carboxylic acids is 4. The summed E-state index contributed by atoms with van der Waals surface area (Å²) in [7, 11) is 0. The lowest BCUT2D eigenvalue weighted by Gasteiger charge is -2.33. The van der Waals surface area contributed by atoms with E-state index in [9.17, 15) is 19.2 Å². The quantitative estimate of drug-likeness (QED) is 0.114. The molecule has 0 saturated carbocycles. The van der Waals surface area contributed by atoms with Crippen LogP contribution in [0.25, 0.3) is 0 Å². The molecule has 6 heteroatoms. The Kier molecular flexibility index (Phi) is 17.4. The molecule has 2 fully saturated rings. The lowest BCUT2D eigenvalue weighted by molar-refractivity contribution is -0.154. The van der Waals surface area contributed by atoms with E-state index >= 15 is 0 Å². The molecule has 0 aromatic carbocycles. The molecular formula is C44H76O6. The van der Waals surface area contributed by atoms with Crippen LogP contribution >= 0.6 is 0 Å². The molecule has 0 spiro atoms. The first-order chi connectivity index (χ1) is 22.1. The average Bonchev–Trinajstić information content (AvgIpc) is 3.25. The van der Waals surface area contributed by atoms with E-state index in [1.165, 1.54) is 12.0 Å². The zero-order valence-electron chi connectivity index (χ0n) is 35.5. The minimum absolute atomic E-state index is 0.0921. The molecule has 0 aliphatic carbocycles. The Morgan fingerprint density at radius 2 is 0.960 bits per heavy atom. The van der Waals surface area contributed by atoms with Gasteiger partial charge >= 0.3 is 23.9 Å². The van der Waals surface area contributed by atoms with Gasteiger partial charge in [-0.25, -0.2) is 0 Å². The highest BCUT2D eigenvalue weighted by atomic mass is 16.6. The van der Waals surface area contributed by atoms with Gasteiger partial charge < -0.3 is 9.47 Å². The number of esters is 4. The van der Waals surface area contributed by atoms with Crippen molar-refractivity contribution in [3.8, 4) is 0 Å². The lowest BCUT2D eigenvalue weighted by Crippen LogP contribution is -2.22. The normalized spacial score (nSPS) is 19.3. The molecule has 6 nitrogen and oxygen atoms in total. The summed E-state index contributed by atoms with van der Waals surface area (Å²) in [5.74, 6) is -2.15. The van der Waals surface area contributed by atoms with E-state index in [1.54, 1.807) is 0 Å². The van der Waals surface area contributed by atoms with Crippen molar-refractivity contribution >= 4 is 23.9 Å². The highest BCUT2D eigenvalue weighted by Crippen LogP contribution is 2.40. The van der Waals surface area contributed by atoms with Gasteiger partial charge in [0, 0.05) is 0 Å². The number of allylic oxidation sites excluding steroid dienone is 4. The summed E-state index contributed by atoms with van der Waals surface area (Å²) in [6.45, 7) is 46.0. The van der Waals surface area contributed by atoms with Gasteiger partial charge in [-0.1, -0.05) is 133 Å². The molecule has 0 aromatic rings. The van der Waals surface area contributed by atoms with Crippen LogP contribution in [-0.2, 0) is 28.7 Å². The molecule has 0 bridgehead atoms. The maximum absolute atomic E-state index is 11.4. The zero-order chi connectivity index (χ0) is 39.7. The number of carbonyl (C=O) groups is 4. The van der Waals surface area contributed by atoms with Crippen LogP contribution in [0.3, 0.4) is 0 Å². The summed E-state index contributed by atoms with van der Waals surface area (Å²) in [5, 5.41) is 0. The molecule has 2 aliphatic rings. The molecule has 2 aliphatic heterocycles. The Morgan fingerprint density at radius 3 is 1.28 bits per heavy atom. The first-order valence-electron chi connectivity index (χ1n) is 18.6. The number of hydrogen-bond donors (Lipinski definition) is 0. The molecule has 2 rings (SSSR count). The van der Waals surface area contributed by atoms with Crippen LogP contribution in [0.4, 0.5) is 0 Å². The Balaban J connectivity index is 0.000000742. The Labute approximate surface area is 307 Å². The van der Waals surface area contributed by atoms with Gasteiger partial charge in [0.2, 0.25) is 0 Å². The summed E-state index contributed by atoms with van der Waals surface area (Å²) in [4.78, 5) is 45.0. The van der Waals surface area contributed by atoms with Crippen molar-refractivity contribution < 1.29 is 28.7 Å². The molecule has 2 atom stereocenters. The van der Waals surface area contributed by atoms with E-state index < -0.39 is 11.9 Å². The zero-order valence-corrected chi connectivity index (χ0v) is 35.5. The Hall–Kier alpha value is -2.50. The van der Waals surface area contributed by atoms with Gasteiger partial charge in [-0.3, -0.25) is 19.2 Å². The third kappa shape index (κ3) is 23.1. The number of hydrogen-bond acceptors (Lipinski definition) is 6. The van der Waals surface area contributed by atoms with E-state index in [0.29, 0.717) is 23.7 Å². The van der Waals surface area contributed by atoms with Crippen molar-refractivity contribution in [1.82, 2.24) is 0 Å². The Bertz CT molecular complexity index is 1240.